The maximum absolute atomic E-state index is 12.4. The lowest BCUT2D eigenvalue weighted by atomic mass is 10.0. The highest BCUT2D eigenvalue weighted by molar-refractivity contribution is 6.01. The zero-order valence-electron chi connectivity index (χ0n) is 11.1. The normalized spacial score (nSPS) is 18.2. The maximum Gasteiger partial charge on any atom is 0.410 e. The van der Waals surface area contributed by atoms with E-state index in [0.717, 1.165) is 6.42 Å². The van der Waals surface area contributed by atoms with Gasteiger partial charge < -0.3 is 9.47 Å². The van der Waals surface area contributed by atoms with E-state index in [9.17, 15) is 9.59 Å². The average Bonchev–Trinajstić information content (AvgIpc) is 2.95. The standard InChI is InChI=1S/C14H17NO4/c1-18-11-7-5-10(6-8-11)13(16)12-4-3-9-15(12)14(17)19-2/h5-8,12H,3-4,9H2,1-2H3. The van der Waals surface area contributed by atoms with Crippen molar-refractivity contribution < 1.29 is 19.1 Å². The van der Waals surface area contributed by atoms with Crippen molar-refractivity contribution in [2.75, 3.05) is 20.8 Å². The van der Waals surface area contributed by atoms with E-state index in [1.165, 1.54) is 12.0 Å². The molecule has 5 heteroatoms. The van der Waals surface area contributed by atoms with Gasteiger partial charge in [-0.05, 0) is 37.1 Å². The minimum atomic E-state index is -0.440. The lowest BCUT2D eigenvalue weighted by Gasteiger charge is -2.22. The Labute approximate surface area is 112 Å². The molecular formula is C14H17NO4. The van der Waals surface area contributed by atoms with Crippen molar-refractivity contribution in [3.63, 3.8) is 0 Å². The molecule has 19 heavy (non-hydrogen) atoms. The number of amides is 1. The summed E-state index contributed by atoms with van der Waals surface area (Å²) in [5, 5.41) is 0. The van der Waals surface area contributed by atoms with Gasteiger partial charge in [-0.2, -0.15) is 0 Å². The van der Waals surface area contributed by atoms with Crippen LogP contribution in [0, 0.1) is 0 Å². The highest BCUT2D eigenvalue weighted by atomic mass is 16.5. The molecule has 1 unspecified atom stereocenters. The predicted molar refractivity (Wildman–Crippen MR) is 69.5 cm³/mol. The van der Waals surface area contributed by atoms with Gasteiger partial charge in [-0.25, -0.2) is 4.79 Å². The maximum atomic E-state index is 12.4. The Morgan fingerprint density at radius 1 is 1.21 bits per heavy atom. The molecule has 0 spiro atoms. The fourth-order valence-electron chi connectivity index (χ4n) is 2.32. The number of hydrogen-bond acceptors (Lipinski definition) is 4. The van der Waals surface area contributed by atoms with Crippen LogP contribution in [-0.2, 0) is 4.74 Å². The quantitative estimate of drug-likeness (QED) is 0.784. The summed E-state index contributed by atoms with van der Waals surface area (Å²) in [7, 11) is 2.91. The van der Waals surface area contributed by atoms with Crippen LogP contribution < -0.4 is 4.74 Å². The molecule has 2 rings (SSSR count). The minimum absolute atomic E-state index is 0.0504. The van der Waals surface area contributed by atoms with Crippen molar-refractivity contribution in [1.82, 2.24) is 4.90 Å². The van der Waals surface area contributed by atoms with Crippen LogP contribution in [-0.4, -0.2) is 43.6 Å². The van der Waals surface area contributed by atoms with Crippen LogP contribution in [0.4, 0.5) is 4.79 Å². The van der Waals surface area contributed by atoms with E-state index in [1.54, 1.807) is 31.4 Å². The van der Waals surface area contributed by atoms with Crippen LogP contribution in [0.25, 0.3) is 0 Å². The van der Waals surface area contributed by atoms with Gasteiger partial charge in [0, 0.05) is 12.1 Å². The Kier molecular flexibility index (Phi) is 4.04. The number of methoxy groups -OCH3 is 2. The molecule has 1 heterocycles. The predicted octanol–water partition coefficient (Wildman–Crippen LogP) is 2.11. The molecule has 1 saturated heterocycles. The van der Waals surface area contributed by atoms with Crippen LogP contribution in [0.15, 0.2) is 24.3 Å². The summed E-state index contributed by atoms with van der Waals surface area (Å²) in [5.74, 6) is 0.651. The first-order chi connectivity index (χ1) is 9.17. The second-order valence-corrected chi connectivity index (χ2v) is 4.41. The van der Waals surface area contributed by atoms with Gasteiger partial charge in [-0.15, -0.1) is 0 Å². The molecule has 5 nitrogen and oxygen atoms in total. The van der Waals surface area contributed by atoms with Crippen molar-refractivity contribution in [2.24, 2.45) is 0 Å². The molecule has 1 aliphatic rings. The van der Waals surface area contributed by atoms with Gasteiger partial charge >= 0.3 is 6.09 Å². The molecule has 1 aromatic rings. The number of benzene rings is 1. The van der Waals surface area contributed by atoms with Crippen molar-refractivity contribution in [3.05, 3.63) is 29.8 Å². The second-order valence-electron chi connectivity index (χ2n) is 4.41. The number of ketones is 1. The molecular weight excluding hydrogens is 246 g/mol. The highest BCUT2D eigenvalue weighted by Crippen LogP contribution is 2.23. The summed E-state index contributed by atoms with van der Waals surface area (Å²) >= 11 is 0. The largest absolute Gasteiger partial charge is 0.497 e. The molecule has 1 atom stereocenters. The molecule has 1 amide bonds. The zero-order valence-corrected chi connectivity index (χ0v) is 11.1. The number of Topliss-reactive ketones (excluding diaryl/α,β-unsaturated/α-hetero) is 1. The number of ether oxygens (including phenoxy) is 2. The van der Waals surface area contributed by atoms with Gasteiger partial charge in [0.05, 0.1) is 20.3 Å². The molecule has 0 aromatic heterocycles. The second kappa shape index (κ2) is 5.73. The topological polar surface area (TPSA) is 55.8 Å². The molecule has 0 saturated carbocycles. The molecule has 0 N–H and O–H groups in total. The summed E-state index contributed by atoms with van der Waals surface area (Å²) in [4.78, 5) is 25.5. The number of likely N-dealkylation sites (tertiary alicyclic amines) is 1. The Bertz CT molecular complexity index is 469. The lowest BCUT2D eigenvalue weighted by Crippen LogP contribution is -2.40. The first-order valence-corrected chi connectivity index (χ1v) is 6.20. The van der Waals surface area contributed by atoms with E-state index in [4.69, 9.17) is 9.47 Å². The summed E-state index contributed by atoms with van der Waals surface area (Å²) in [6.45, 7) is 0.569. The van der Waals surface area contributed by atoms with Gasteiger partial charge in [0.1, 0.15) is 5.75 Å². The van der Waals surface area contributed by atoms with Gasteiger partial charge in [0.25, 0.3) is 0 Å². The number of carbonyl (C=O) groups is 2. The molecule has 102 valence electrons. The van der Waals surface area contributed by atoms with E-state index in [2.05, 4.69) is 0 Å². The molecule has 0 aliphatic carbocycles. The van der Waals surface area contributed by atoms with Gasteiger partial charge in [0.2, 0.25) is 0 Å². The summed E-state index contributed by atoms with van der Waals surface area (Å²) in [6, 6.07) is 6.50. The van der Waals surface area contributed by atoms with Crippen LogP contribution in [0.2, 0.25) is 0 Å². The number of carbonyl (C=O) groups excluding carboxylic acids is 2. The van der Waals surface area contributed by atoms with Crippen molar-refractivity contribution >= 4 is 11.9 Å². The Morgan fingerprint density at radius 3 is 2.47 bits per heavy atom. The smallest absolute Gasteiger partial charge is 0.410 e. The van der Waals surface area contributed by atoms with E-state index in [1.807, 2.05) is 0 Å². The van der Waals surface area contributed by atoms with E-state index < -0.39 is 12.1 Å². The highest BCUT2D eigenvalue weighted by Gasteiger charge is 2.35. The van der Waals surface area contributed by atoms with Crippen LogP contribution in [0.3, 0.4) is 0 Å². The summed E-state index contributed by atoms with van der Waals surface area (Å²) < 4.78 is 9.76. The molecule has 1 aromatic carbocycles. The van der Waals surface area contributed by atoms with Crippen molar-refractivity contribution in [2.45, 2.75) is 18.9 Å². The zero-order chi connectivity index (χ0) is 13.8. The Morgan fingerprint density at radius 2 is 1.89 bits per heavy atom. The SMILES string of the molecule is COC(=O)N1CCCC1C(=O)c1ccc(OC)cc1. The first kappa shape index (κ1) is 13.4. The van der Waals surface area contributed by atoms with Crippen molar-refractivity contribution in [3.8, 4) is 5.75 Å². The third kappa shape index (κ3) is 2.70. The van der Waals surface area contributed by atoms with E-state index >= 15 is 0 Å². The average molecular weight is 263 g/mol. The monoisotopic (exact) mass is 263 g/mol. The Hall–Kier alpha value is -2.04. The molecule has 1 fully saturated rings. The third-order valence-corrected chi connectivity index (χ3v) is 3.34. The van der Waals surface area contributed by atoms with Crippen LogP contribution in [0.1, 0.15) is 23.2 Å². The van der Waals surface area contributed by atoms with Crippen LogP contribution in [0.5, 0.6) is 5.75 Å². The van der Waals surface area contributed by atoms with Gasteiger partial charge in [-0.1, -0.05) is 0 Å². The van der Waals surface area contributed by atoms with Crippen LogP contribution >= 0.6 is 0 Å². The minimum Gasteiger partial charge on any atom is -0.497 e. The van der Waals surface area contributed by atoms with Crippen molar-refractivity contribution in [1.29, 1.82) is 0 Å². The number of nitrogens with zero attached hydrogens (tertiary/aromatic N) is 1. The lowest BCUT2D eigenvalue weighted by molar-refractivity contribution is 0.0814. The van der Waals surface area contributed by atoms with E-state index in [0.29, 0.717) is 24.3 Å². The first-order valence-electron chi connectivity index (χ1n) is 6.20. The summed E-state index contributed by atoms with van der Waals surface area (Å²) in [5.41, 5.74) is 0.585. The Balaban J connectivity index is 2.15. The molecule has 0 radical (unpaired) electrons. The molecule has 0 bridgehead atoms. The van der Waals surface area contributed by atoms with Gasteiger partial charge in [-0.3, -0.25) is 9.69 Å². The number of rotatable bonds is 3. The molecule has 1 aliphatic heterocycles. The fraction of sp³-hybridized carbons (Fsp3) is 0.429. The third-order valence-electron chi connectivity index (χ3n) is 3.34. The number of hydrogen-bond donors (Lipinski definition) is 0. The fourth-order valence-corrected chi connectivity index (χ4v) is 2.32. The van der Waals surface area contributed by atoms with Gasteiger partial charge in [0.15, 0.2) is 5.78 Å². The summed E-state index contributed by atoms with van der Waals surface area (Å²) in [6.07, 6.45) is 1.06. The van der Waals surface area contributed by atoms with E-state index in [-0.39, 0.29) is 5.78 Å².